The fourth-order valence-corrected chi connectivity index (χ4v) is 2.58. The van der Waals surface area contributed by atoms with Crippen LogP contribution >= 0.6 is 0 Å². The Hall–Kier alpha value is -1.44. The fraction of sp³-hybridized carbons (Fsp3) is 0.533. The Bertz CT molecular complexity index is 560. The molecule has 0 spiro atoms. The van der Waals surface area contributed by atoms with Gasteiger partial charge in [-0.3, -0.25) is 4.79 Å². The topological polar surface area (TPSA) is 75.7 Å². The number of benzene rings is 1. The Morgan fingerprint density at radius 3 is 2.50 bits per heavy atom. The maximum absolute atomic E-state index is 12.4. The zero-order valence-corrected chi connectivity index (χ0v) is 14.1. The smallest absolute Gasteiger partial charge is 0.242 e. The van der Waals surface area contributed by atoms with Crippen LogP contribution in [0, 0.1) is 0 Å². The molecule has 0 aliphatic rings. The molecule has 22 heavy (non-hydrogen) atoms. The van der Waals surface area contributed by atoms with Gasteiger partial charge in [0.25, 0.3) is 0 Å². The van der Waals surface area contributed by atoms with Crippen LogP contribution in [-0.4, -0.2) is 51.7 Å². The van der Waals surface area contributed by atoms with Gasteiger partial charge in [0.1, 0.15) is 6.04 Å². The third-order valence-corrected chi connectivity index (χ3v) is 4.48. The minimum Gasteiger partial charge on any atom is -0.382 e. The van der Waals surface area contributed by atoms with Crippen LogP contribution in [-0.2, 0) is 19.6 Å². The second-order valence-corrected chi connectivity index (χ2v) is 6.98. The monoisotopic (exact) mass is 328 g/mol. The van der Waals surface area contributed by atoms with Crippen molar-refractivity contribution in [3.63, 3.8) is 0 Å². The molecule has 1 atom stereocenters. The number of amides is 1. The van der Waals surface area contributed by atoms with E-state index in [4.69, 9.17) is 4.74 Å². The van der Waals surface area contributed by atoms with E-state index in [1.165, 1.54) is 7.05 Å². The SMILES string of the molecule is CCOCCCNC(=O)[C@@H](c1ccccc1)N(C)S(C)(=O)=O. The number of sulfonamides is 1. The van der Waals surface area contributed by atoms with Crippen LogP contribution in [0.1, 0.15) is 24.9 Å². The largest absolute Gasteiger partial charge is 0.382 e. The molecule has 7 heteroatoms. The van der Waals surface area contributed by atoms with Crippen LogP contribution in [0.5, 0.6) is 0 Å². The van der Waals surface area contributed by atoms with Crippen LogP contribution in [0.15, 0.2) is 30.3 Å². The predicted octanol–water partition coefficient (Wildman–Crippen LogP) is 1.16. The number of carbonyl (C=O) groups is 1. The van der Waals surface area contributed by atoms with Crippen LogP contribution in [0.2, 0.25) is 0 Å². The predicted molar refractivity (Wildman–Crippen MR) is 85.9 cm³/mol. The molecule has 1 aromatic rings. The lowest BCUT2D eigenvalue weighted by Gasteiger charge is -2.25. The normalized spacial score (nSPS) is 13.1. The second kappa shape index (κ2) is 8.87. The molecule has 0 fully saturated rings. The zero-order chi connectivity index (χ0) is 16.6. The number of rotatable bonds is 9. The first-order valence-electron chi connectivity index (χ1n) is 7.21. The maximum Gasteiger partial charge on any atom is 0.242 e. The highest BCUT2D eigenvalue weighted by molar-refractivity contribution is 7.88. The molecule has 124 valence electrons. The zero-order valence-electron chi connectivity index (χ0n) is 13.3. The number of nitrogens with zero attached hydrogens (tertiary/aromatic N) is 1. The van der Waals surface area contributed by atoms with Crippen molar-refractivity contribution in [1.82, 2.24) is 9.62 Å². The van der Waals surface area contributed by atoms with Crippen LogP contribution in [0.4, 0.5) is 0 Å². The second-order valence-electron chi connectivity index (χ2n) is 4.93. The summed E-state index contributed by atoms with van der Waals surface area (Å²) in [5.41, 5.74) is 0.637. The summed E-state index contributed by atoms with van der Waals surface area (Å²) >= 11 is 0. The molecule has 6 nitrogen and oxygen atoms in total. The molecule has 0 unspecified atom stereocenters. The van der Waals surface area contributed by atoms with Crippen molar-refractivity contribution in [2.24, 2.45) is 0 Å². The Balaban J connectivity index is 2.80. The lowest BCUT2D eigenvalue weighted by Crippen LogP contribution is -2.41. The minimum absolute atomic E-state index is 0.337. The molecule has 0 aliphatic carbocycles. The third-order valence-electron chi connectivity index (χ3n) is 3.22. The van der Waals surface area contributed by atoms with Gasteiger partial charge in [-0.2, -0.15) is 4.31 Å². The van der Waals surface area contributed by atoms with Gasteiger partial charge >= 0.3 is 0 Å². The summed E-state index contributed by atoms with van der Waals surface area (Å²) in [6.07, 6.45) is 1.77. The summed E-state index contributed by atoms with van der Waals surface area (Å²) in [6, 6.07) is 7.99. The van der Waals surface area contributed by atoms with Crippen molar-refractivity contribution in [3.8, 4) is 0 Å². The molecule has 0 heterocycles. The highest BCUT2D eigenvalue weighted by Gasteiger charge is 2.30. The fourth-order valence-electron chi connectivity index (χ4n) is 1.98. The van der Waals surface area contributed by atoms with Crippen molar-refractivity contribution >= 4 is 15.9 Å². The number of carbonyl (C=O) groups excluding carboxylic acids is 1. The molecule has 0 bridgehead atoms. The summed E-state index contributed by atoms with van der Waals surface area (Å²) in [5.74, 6) is -0.337. The molecular weight excluding hydrogens is 304 g/mol. The van der Waals surface area contributed by atoms with Crippen molar-refractivity contribution in [2.75, 3.05) is 33.1 Å². The van der Waals surface area contributed by atoms with E-state index in [0.717, 1.165) is 10.6 Å². The number of ether oxygens (including phenoxy) is 1. The van der Waals surface area contributed by atoms with Crippen LogP contribution in [0.3, 0.4) is 0 Å². The van der Waals surface area contributed by atoms with Gasteiger partial charge in [-0.1, -0.05) is 30.3 Å². The average Bonchev–Trinajstić information content (AvgIpc) is 2.47. The Kier molecular flexibility index (Phi) is 7.50. The molecule has 0 radical (unpaired) electrons. The van der Waals surface area contributed by atoms with E-state index in [1.54, 1.807) is 24.3 Å². The molecule has 0 saturated heterocycles. The van der Waals surface area contributed by atoms with Crippen molar-refractivity contribution in [3.05, 3.63) is 35.9 Å². The van der Waals surface area contributed by atoms with E-state index in [2.05, 4.69) is 5.32 Å². The molecule has 1 amide bonds. The molecular formula is C15H24N2O4S. The summed E-state index contributed by atoms with van der Waals surface area (Å²) in [4.78, 5) is 12.4. The Morgan fingerprint density at radius 1 is 1.32 bits per heavy atom. The Morgan fingerprint density at radius 2 is 1.95 bits per heavy atom. The van der Waals surface area contributed by atoms with Gasteiger partial charge in [-0.05, 0) is 18.9 Å². The van der Waals surface area contributed by atoms with E-state index < -0.39 is 16.1 Å². The lowest BCUT2D eigenvalue weighted by atomic mass is 10.1. The first-order valence-corrected chi connectivity index (χ1v) is 9.06. The molecule has 1 N–H and O–H groups in total. The van der Waals surface area contributed by atoms with E-state index in [-0.39, 0.29) is 5.91 Å². The van der Waals surface area contributed by atoms with Gasteiger partial charge in [0.15, 0.2) is 0 Å². The van der Waals surface area contributed by atoms with E-state index in [0.29, 0.717) is 31.7 Å². The van der Waals surface area contributed by atoms with Gasteiger partial charge < -0.3 is 10.1 Å². The molecule has 1 rings (SSSR count). The van der Waals surface area contributed by atoms with Crippen molar-refractivity contribution in [2.45, 2.75) is 19.4 Å². The molecule has 0 aliphatic heterocycles. The van der Waals surface area contributed by atoms with Gasteiger partial charge in [-0.25, -0.2) is 8.42 Å². The number of likely N-dealkylation sites (N-methyl/N-ethyl adjacent to an activating group) is 1. The highest BCUT2D eigenvalue weighted by atomic mass is 32.2. The highest BCUT2D eigenvalue weighted by Crippen LogP contribution is 2.21. The minimum atomic E-state index is -3.49. The standard InChI is InChI=1S/C15H24N2O4S/c1-4-21-12-8-11-16-15(18)14(17(2)22(3,19)20)13-9-6-5-7-10-13/h5-7,9-10,14H,4,8,11-12H2,1-3H3,(H,16,18)/t14-/m1/s1. The maximum atomic E-state index is 12.4. The van der Waals surface area contributed by atoms with E-state index >= 15 is 0 Å². The number of hydrogen-bond donors (Lipinski definition) is 1. The van der Waals surface area contributed by atoms with Gasteiger partial charge in [0.05, 0.1) is 6.26 Å². The molecule has 1 aromatic carbocycles. The Labute approximate surface area is 132 Å². The summed E-state index contributed by atoms with van der Waals surface area (Å²) < 4.78 is 29.9. The van der Waals surface area contributed by atoms with Crippen molar-refractivity contribution < 1.29 is 17.9 Å². The summed E-state index contributed by atoms with van der Waals surface area (Å²) in [7, 11) is -2.08. The van der Waals surface area contributed by atoms with E-state index in [9.17, 15) is 13.2 Å². The molecule has 0 saturated carbocycles. The number of hydrogen-bond acceptors (Lipinski definition) is 4. The number of nitrogens with one attached hydrogen (secondary N) is 1. The van der Waals surface area contributed by atoms with Crippen LogP contribution < -0.4 is 5.32 Å². The average molecular weight is 328 g/mol. The van der Waals surface area contributed by atoms with Gasteiger partial charge in [0, 0.05) is 26.8 Å². The third kappa shape index (κ3) is 5.75. The summed E-state index contributed by atoms with van der Waals surface area (Å²) in [5, 5.41) is 2.77. The van der Waals surface area contributed by atoms with Crippen molar-refractivity contribution in [1.29, 1.82) is 0 Å². The summed E-state index contributed by atoms with van der Waals surface area (Å²) in [6.45, 7) is 3.55. The lowest BCUT2D eigenvalue weighted by molar-refractivity contribution is -0.124. The first kappa shape index (κ1) is 18.6. The van der Waals surface area contributed by atoms with Gasteiger partial charge in [-0.15, -0.1) is 0 Å². The first-order chi connectivity index (χ1) is 10.4. The quantitative estimate of drug-likeness (QED) is 0.690. The van der Waals surface area contributed by atoms with Gasteiger partial charge in [0.2, 0.25) is 15.9 Å². The van der Waals surface area contributed by atoms with E-state index in [1.807, 2.05) is 13.0 Å². The van der Waals surface area contributed by atoms with Crippen LogP contribution in [0.25, 0.3) is 0 Å². The molecule has 0 aromatic heterocycles.